The molecule has 4 N–H and O–H groups in total. The Labute approximate surface area is 262 Å². The minimum atomic E-state index is -4.78. The number of nitrogens with zero attached hydrogens (tertiary/aromatic N) is 3. The number of ether oxygens (including phenoxy) is 2. The highest BCUT2D eigenvalue weighted by atomic mass is 32.2. The van der Waals surface area contributed by atoms with E-state index in [-0.39, 0.29) is 29.7 Å². The number of aliphatic hydroxyl groups excluding tert-OH is 2. The molecule has 2 aliphatic rings. The second kappa shape index (κ2) is 13.5. The summed E-state index contributed by atoms with van der Waals surface area (Å²) in [4.78, 5) is 11.6. The summed E-state index contributed by atoms with van der Waals surface area (Å²) in [7, 11) is 0. The Morgan fingerprint density at radius 3 is 2.43 bits per heavy atom. The van der Waals surface area contributed by atoms with Crippen LogP contribution in [0.2, 0.25) is 0 Å². The number of hydrogen-bond donors (Lipinski definition) is 4. The zero-order valence-corrected chi connectivity index (χ0v) is 24.9. The van der Waals surface area contributed by atoms with Crippen LogP contribution in [-0.4, -0.2) is 85.3 Å². The molecule has 250 valence electrons. The van der Waals surface area contributed by atoms with Crippen molar-refractivity contribution in [1.82, 2.24) is 20.3 Å². The maximum absolute atomic E-state index is 14.2. The van der Waals surface area contributed by atoms with Gasteiger partial charge >= 0.3 is 12.1 Å². The lowest BCUT2D eigenvalue weighted by Gasteiger charge is -2.46. The highest BCUT2D eigenvalue weighted by molar-refractivity contribution is 8.00. The number of rotatable bonds is 8. The third kappa shape index (κ3) is 7.03. The maximum Gasteiger partial charge on any atom is 0.416 e. The molecule has 0 amide bonds. The van der Waals surface area contributed by atoms with Gasteiger partial charge in [-0.15, -0.1) is 16.9 Å². The van der Waals surface area contributed by atoms with Crippen molar-refractivity contribution in [2.75, 3.05) is 19.7 Å². The third-order valence-electron chi connectivity index (χ3n) is 7.99. The van der Waals surface area contributed by atoms with Gasteiger partial charge in [0, 0.05) is 12.5 Å². The smallest absolute Gasteiger partial charge is 0.416 e. The van der Waals surface area contributed by atoms with Crippen molar-refractivity contribution >= 4 is 17.7 Å². The highest BCUT2D eigenvalue weighted by Crippen LogP contribution is 2.51. The second-order valence-corrected chi connectivity index (χ2v) is 12.3. The first kappa shape index (κ1) is 34.1. The number of carbonyl (C=O) groups excluding carboxylic acids is 1. The summed E-state index contributed by atoms with van der Waals surface area (Å²) >= 11 is 0.706. The van der Waals surface area contributed by atoms with Crippen LogP contribution in [0.4, 0.5) is 26.3 Å². The van der Waals surface area contributed by atoms with Gasteiger partial charge in [0.15, 0.2) is 17.5 Å². The third-order valence-corrected chi connectivity index (χ3v) is 9.61. The first-order chi connectivity index (χ1) is 21.7. The molecule has 6 atom stereocenters. The lowest BCUT2D eigenvalue weighted by atomic mass is 9.84. The number of thioether (sulfide) groups is 1. The van der Waals surface area contributed by atoms with E-state index in [1.165, 1.54) is 18.2 Å². The molecule has 0 spiro atoms. The van der Waals surface area contributed by atoms with Crippen LogP contribution in [0.3, 0.4) is 0 Å². The highest BCUT2D eigenvalue weighted by Gasteiger charge is 2.51. The van der Waals surface area contributed by atoms with Crippen LogP contribution in [0.15, 0.2) is 42.6 Å². The fraction of sp³-hybridized carbons (Fsp3) is 0.483. The van der Waals surface area contributed by atoms with Gasteiger partial charge in [0.05, 0.1) is 22.6 Å². The molecule has 1 aromatic heterocycles. The van der Waals surface area contributed by atoms with Crippen LogP contribution in [0.25, 0.3) is 11.3 Å². The molecule has 0 saturated carbocycles. The molecule has 2 saturated heterocycles. The summed E-state index contributed by atoms with van der Waals surface area (Å²) < 4.78 is 95.9. The van der Waals surface area contributed by atoms with Crippen LogP contribution in [-0.2, 0) is 20.4 Å². The first-order valence-electron chi connectivity index (χ1n) is 14.2. The quantitative estimate of drug-likeness (QED) is 0.159. The van der Waals surface area contributed by atoms with Crippen LogP contribution >= 0.6 is 11.8 Å². The molecule has 2 aliphatic heterocycles. The summed E-state index contributed by atoms with van der Waals surface area (Å²) in [6.07, 6.45) is -8.24. The Balaban J connectivity index is 1.54. The van der Waals surface area contributed by atoms with E-state index in [0.717, 1.165) is 23.9 Å². The Morgan fingerprint density at radius 2 is 1.80 bits per heavy atom. The zero-order chi connectivity index (χ0) is 33.4. The number of esters is 1. The fourth-order valence-corrected chi connectivity index (χ4v) is 7.30. The van der Waals surface area contributed by atoms with Gasteiger partial charge in [0.1, 0.15) is 42.1 Å². The summed E-state index contributed by atoms with van der Waals surface area (Å²) in [5.41, 5.74) is -4.73. The molecule has 17 heteroatoms. The van der Waals surface area contributed by atoms with Gasteiger partial charge < -0.3 is 30.1 Å². The van der Waals surface area contributed by atoms with Crippen molar-refractivity contribution in [1.29, 1.82) is 0 Å². The molecular weight excluding hydrogens is 646 g/mol. The number of piperidine rings is 1. The number of benzene rings is 2. The van der Waals surface area contributed by atoms with E-state index in [9.17, 15) is 46.5 Å². The van der Waals surface area contributed by atoms with Crippen LogP contribution < -0.4 is 5.32 Å². The van der Waals surface area contributed by atoms with Crippen LogP contribution in [0.5, 0.6) is 0 Å². The normalized spacial score (nSPS) is 25.7. The molecule has 0 radical (unpaired) electrons. The van der Waals surface area contributed by atoms with Crippen molar-refractivity contribution in [3.63, 3.8) is 0 Å². The number of aliphatic hydroxyl groups is 3. The summed E-state index contributed by atoms with van der Waals surface area (Å²) in [6, 6.07) is 4.65. The number of alkyl halides is 3. The van der Waals surface area contributed by atoms with Gasteiger partial charge in [-0.3, -0.25) is 4.79 Å². The molecule has 46 heavy (non-hydrogen) atoms. The minimum absolute atomic E-state index is 0.0693. The molecule has 0 bridgehead atoms. The average molecular weight is 677 g/mol. The van der Waals surface area contributed by atoms with E-state index in [1.54, 1.807) is 0 Å². The fourth-order valence-electron chi connectivity index (χ4n) is 5.67. The van der Waals surface area contributed by atoms with E-state index in [2.05, 4.69) is 15.6 Å². The number of hydrogen-bond acceptors (Lipinski definition) is 10. The molecule has 3 aromatic rings. The van der Waals surface area contributed by atoms with Gasteiger partial charge in [0.2, 0.25) is 0 Å². The Hall–Kier alpha value is -3.22. The predicted octanol–water partition coefficient (Wildman–Crippen LogP) is 3.52. The van der Waals surface area contributed by atoms with Crippen molar-refractivity contribution in [2.24, 2.45) is 0 Å². The van der Waals surface area contributed by atoms with Crippen molar-refractivity contribution in [3.05, 3.63) is 71.2 Å². The Bertz CT molecular complexity index is 1530. The van der Waals surface area contributed by atoms with Gasteiger partial charge in [-0.25, -0.2) is 17.9 Å². The van der Waals surface area contributed by atoms with E-state index >= 15 is 0 Å². The lowest BCUT2D eigenvalue weighted by molar-refractivity contribution is -0.187. The standard InChI is InChI=1S/C29H30F6N4O6S/c1-14(40)44-13-21-24(41)23(39-12-20(37-38-39)15-10-18(30)22(32)19(31)11-15)25(42)27(45-21)46-26(28(43)6-8-36-9-7-28)16-4-2-3-5-17(16)29(33,34)35/h2-5,10-12,21,23-27,36,41-43H,6-9,13H2,1H3/t21-,23+,24+,25-,26?,27+/m1/s1. The lowest BCUT2D eigenvalue weighted by Crippen LogP contribution is -2.56. The van der Waals surface area contributed by atoms with Crippen molar-refractivity contribution in [3.8, 4) is 11.3 Å². The van der Waals surface area contributed by atoms with Gasteiger partial charge in [-0.05, 0) is 49.7 Å². The topological polar surface area (TPSA) is 139 Å². The number of halogens is 6. The van der Waals surface area contributed by atoms with Crippen molar-refractivity contribution < 1.29 is 55.9 Å². The van der Waals surface area contributed by atoms with Crippen LogP contribution in [0, 0.1) is 17.5 Å². The molecular formula is C29H30F6N4O6S. The molecule has 2 fully saturated rings. The van der Waals surface area contributed by atoms with E-state index in [0.29, 0.717) is 37.0 Å². The molecule has 5 rings (SSSR count). The largest absolute Gasteiger partial charge is 0.463 e. The van der Waals surface area contributed by atoms with Gasteiger partial charge in [-0.1, -0.05) is 23.4 Å². The van der Waals surface area contributed by atoms with E-state index in [4.69, 9.17) is 9.47 Å². The monoisotopic (exact) mass is 676 g/mol. The SMILES string of the molecule is CC(=O)OC[C@H]1O[C@@H](SC(c2ccccc2C(F)(F)F)C2(O)CCNCC2)[C@H](O)[C@@H](n2cc(-c3cc(F)c(F)c(F)c3)nn2)[C@H]1O. The maximum atomic E-state index is 14.2. The van der Waals surface area contributed by atoms with Crippen LogP contribution in [0.1, 0.15) is 42.2 Å². The molecule has 1 unspecified atom stereocenters. The summed E-state index contributed by atoms with van der Waals surface area (Å²) in [5, 5.41) is 44.0. The molecule has 3 heterocycles. The van der Waals surface area contributed by atoms with Gasteiger partial charge in [0.25, 0.3) is 0 Å². The molecule has 2 aromatic carbocycles. The average Bonchev–Trinajstić information content (AvgIpc) is 3.48. The number of nitrogens with one attached hydrogen (secondary N) is 1. The summed E-state index contributed by atoms with van der Waals surface area (Å²) in [6.45, 7) is 1.19. The second-order valence-electron chi connectivity index (χ2n) is 11.1. The zero-order valence-electron chi connectivity index (χ0n) is 24.1. The molecule has 0 aliphatic carbocycles. The summed E-state index contributed by atoms with van der Waals surface area (Å²) in [5.74, 6) is -5.41. The minimum Gasteiger partial charge on any atom is -0.463 e. The van der Waals surface area contributed by atoms with E-state index in [1.807, 2.05) is 0 Å². The van der Waals surface area contributed by atoms with Gasteiger partial charge in [-0.2, -0.15) is 13.2 Å². The van der Waals surface area contributed by atoms with E-state index < -0.39 is 82.4 Å². The predicted molar refractivity (Wildman–Crippen MR) is 151 cm³/mol. The number of carbonyl (C=O) groups is 1. The Kier molecular flexibility index (Phi) is 10.0. The number of aromatic nitrogens is 3. The first-order valence-corrected chi connectivity index (χ1v) is 15.1. The van der Waals surface area contributed by atoms with Crippen molar-refractivity contribution in [2.45, 2.75) is 66.6 Å². The Morgan fingerprint density at radius 1 is 1.15 bits per heavy atom. The molecule has 10 nitrogen and oxygen atoms in total.